The Labute approximate surface area is 775 Å². The summed E-state index contributed by atoms with van der Waals surface area (Å²) in [6, 6.07) is 0. The van der Waals surface area contributed by atoms with Gasteiger partial charge in [0.25, 0.3) is 0 Å². The van der Waals surface area contributed by atoms with Crippen LogP contribution in [0, 0.1) is 6.92 Å². The molecule has 0 bridgehead atoms. The molecule has 241 valence electrons. The monoisotopic (exact) mass is 2180 g/mol. The number of hydrogen-bond donors (Lipinski definition) is 0. The molecule has 0 saturated carbocycles. The molecule has 40 radical (unpaired) electrons. The maximum absolute atomic E-state index is 4.02. The van der Waals surface area contributed by atoms with E-state index in [2.05, 4.69) is 17.2 Å². The molecule has 0 heterocycles. The first-order chi connectivity index (χ1) is 2.00. The standard InChI is InChI=1S/C2H5.2CH4.S.41V/c1-2;;;;;;;;;;;;;;;;;;;;;;;;;;;;;;;;;;;;;;;;;;;;/h1H2,2H3;2*1H4;;;;;;;;;;;;;;;;;;;;;;;;;;;;;;;;;;;;;;;;;;/q-1;;;;;;;;;;;;;;;;;;;;;;;;;;;;;;;;;;;;;;;;;;;;. The number of hydrogen-bond acceptors (Lipinski definition) is 1. The molecule has 0 saturated heterocycles. The zero-order chi connectivity index (χ0) is 4.00. The predicted octanol–water partition coefficient (Wildman–Crippen LogP) is 2.66. The van der Waals surface area contributed by atoms with Gasteiger partial charge >= 0.3 is 26.0 Å². The van der Waals surface area contributed by atoms with Gasteiger partial charge in [-0.2, -0.15) is 6.92 Å². The normalized spacial score (nSPS) is 0.196. The molecule has 0 rings (SSSR count). The molecule has 0 aromatic heterocycles. The molecule has 0 aromatic rings. The van der Waals surface area contributed by atoms with Crippen LogP contribution >= 0.6 is 10.3 Å². The summed E-state index contributed by atoms with van der Waals surface area (Å²) in [6.45, 7) is 5.00. The van der Waals surface area contributed by atoms with Gasteiger partial charge in [0.1, 0.15) is 0 Å². The van der Waals surface area contributed by atoms with Gasteiger partial charge in [-0.1, -0.05) is 14.9 Å². The minimum atomic E-state index is 0. The second-order valence-corrected chi connectivity index (χ2v) is 0. The molecular weight excluding hydrogens is 2170 g/mol. The van der Waals surface area contributed by atoms with Crippen molar-refractivity contribution in [2.45, 2.75) is 21.8 Å². The van der Waals surface area contributed by atoms with Crippen LogP contribution in [0.5, 0.6) is 0 Å². The smallest absolute Gasteiger partial charge is 0 e. The minimum absolute atomic E-state index is 0. The molecule has 0 atom stereocenters. The molecule has 0 amide bonds. The Morgan fingerprint density at radius 3 is 0.174 bits per heavy atom. The Kier molecular flexibility index (Phi) is 5860. The van der Waals surface area contributed by atoms with Crippen molar-refractivity contribution in [1.82, 2.24) is 0 Å². The summed E-state index contributed by atoms with van der Waals surface area (Å²) in [6.07, 6.45) is 0. The van der Waals surface area contributed by atoms with Crippen molar-refractivity contribution < 1.29 is 758 Å². The van der Waals surface area contributed by atoms with E-state index < -0.39 is 0 Å². The fraction of sp³-hybridized carbons (Fsp3) is 0.750. The van der Waals surface area contributed by atoms with E-state index in [-0.39, 0.29) is 757 Å². The van der Waals surface area contributed by atoms with E-state index in [1.54, 1.807) is 6.92 Å². The van der Waals surface area contributed by atoms with Crippen molar-refractivity contribution in [3.8, 4) is 0 Å². The Hall–Kier alpha value is 24.2. The van der Waals surface area contributed by atoms with Crippen LogP contribution in [0.1, 0.15) is 21.8 Å². The average Bonchev–Trinajstić information content (AvgIpc) is 1.50. The third-order valence-corrected chi connectivity index (χ3v) is 0. The van der Waals surface area contributed by atoms with Gasteiger partial charge in [0.2, 0.25) is 0 Å². The van der Waals surface area contributed by atoms with Crippen LogP contribution in [0.15, 0.2) is 0 Å². The third-order valence-electron chi connectivity index (χ3n) is 0. The molecule has 0 aliphatic carbocycles. The van der Waals surface area contributed by atoms with Gasteiger partial charge in [-0.15, -0.1) is 0 Å². The molecule has 0 spiro atoms. The summed E-state index contributed by atoms with van der Waals surface area (Å²) in [4.78, 5) is 0. The number of rotatable bonds is 0. The van der Waals surface area contributed by atoms with E-state index in [0.717, 1.165) is 0 Å². The zero-order valence-electron chi connectivity index (χ0n) is 20.5. The molecular formula is C4H13SV41-. The van der Waals surface area contributed by atoms with E-state index in [4.69, 9.17) is 0 Å². The Bertz CT molecular complexity index is 26.4. The molecule has 0 aliphatic heterocycles. The molecule has 42 heteroatoms. The van der Waals surface area contributed by atoms with E-state index in [1.165, 1.54) is 0 Å². The molecule has 46 heavy (non-hydrogen) atoms. The van der Waals surface area contributed by atoms with E-state index in [1.807, 2.05) is 15.7 Å². The van der Waals surface area contributed by atoms with Crippen LogP contribution in [-0.4, -0.2) is 0 Å². The van der Waals surface area contributed by atoms with Crippen molar-refractivity contribution in [3.05, 3.63) is 6.92 Å². The summed E-state index contributed by atoms with van der Waals surface area (Å²) >= 11 is 1.90. The summed E-state index contributed by atoms with van der Waals surface area (Å²) in [5, 5.41) is 0. The topological polar surface area (TPSA) is 0 Å². The largest absolute Gasteiger partial charge is 0 e. The fourth-order valence-electron chi connectivity index (χ4n) is 0. The van der Waals surface area contributed by atoms with E-state index >= 15 is 0 Å². The van der Waals surface area contributed by atoms with Gasteiger partial charge in [-0.05, 0) is 0 Å². The summed E-state index contributed by atoms with van der Waals surface area (Å²) < 4.78 is 0. The average molecular weight is 2180 g/mol. The van der Waals surface area contributed by atoms with Crippen LogP contribution in [0.4, 0.5) is 0 Å². The maximum Gasteiger partial charge on any atom is 0 e. The van der Waals surface area contributed by atoms with Gasteiger partial charge in [0.15, 0.2) is 0 Å². The summed E-state index contributed by atoms with van der Waals surface area (Å²) in [7, 11) is 4.02. The zero-order valence-corrected chi connectivity index (χ0v) is 78.5. The molecule has 0 nitrogen and oxygen atoms in total. The maximum atomic E-state index is 4.02. The molecule has 0 aromatic carbocycles. The quantitative estimate of drug-likeness (QED) is 0.337. The molecule has 0 fully saturated rings. The Morgan fingerprint density at radius 2 is 0.174 bits per heavy atom. The van der Waals surface area contributed by atoms with Crippen molar-refractivity contribution in [1.29, 1.82) is 0 Å². The van der Waals surface area contributed by atoms with Gasteiger partial charge < -0.3 is 6.92 Å². The first-order valence-electron chi connectivity index (χ1n) is 0.890. The second kappa shape index (κ2) is 550. The van der Waals surface area contributed by atoms with Crippen LogP contribution in [0.2, 0.25) is 0 Å². The second-order valence-electron chi connectivity index (χ2n) is 0. The Morgan fingerprint density at radius 1 is 0.174 bits per heavy atom. The van der Waals surface area contributed by atoms with Crippen molar-refractivity contribution >= 4 is 10.3 Å². The van der Waals surface area contributed by atoms with Gasteiger partial charge in [0.05, 0.1) is 0 Å². The van der Waals surface area contributed by atoms with Crippen LogP contribution in [-0.2, 0) is 758 Å². The molecule has 0 N–H and O–H groups in total. The summed E-state index contributed by atoms with van der Waals surface area (Å²) in [5.74, 6) is 0. The van der Waals surface area contributed by atoms with Crippen molar-refractivity contribution in [3.63, 3.8) is 0 Å². The third kappa shape index (κ3) is 526. The summed E-state index contributed by atoms with van der Waals surface area (Å²) in [5.41, 5.74) is 0. The molecule has 0 aliphatic rings. The van der Waals surface area contributed by atoms with E-state index in [0.29, 0.717) is 0 Å². The van der Waals surface area contributed by atoms with Crippen LogP contribution in [0.3, 0.4) is 0 Å². The van der Waals surface area contributed by atoms with Crippen LogP contribution < -0.4 is 0 Å². The first kappa shape index (κ1) is 490. The predicted molar refractivity (Wildman–Crippen MR) is 32.1 cm³/mol. The van der Waals surface area contributed by atoms with Gasteiger partial charge in [-0.25, -0.2) is 0 Å². The van der Waals surface area contributed by atoms with E-state index in [9.17, 15) is 0 Å². The SMILES string of the molecule is C.C.[CH2-]C.[S]=[V].[V].[V].[V].[V].[V].[V].[V].[V].[V].[V].[V].[V].[V].[V].[V].[V].[V].[V].[V].[V].[V].[V].[V].[V].[V].[V].[V].[V].[V].[V].[V].[V].[V].[V].[V].[V].[V].[V].[V].[V]. The van der Waals surface area contributed by atoms with Gasteiger partial charge in [0, 0.05) is 742 Å². The minimum Gasteiger partial charge on any atom is 0 e. The Balaban J connectivity index is -0.0000000000216. The van der Waals surface area contributed by atoms with Crippen LogP contribution in [0.25, 0.3) is 0 Å². The molecule has 0 unspecified atom stereocenters. The van der Waals surface area contributed by atoms with Crippen molar-refractivity contribution in [2.24, 2.45) is 0 Å². The van der Waals surface area contributed by atoms with Gasteiger partial charge in [-0.3, -0.25) is 0 Å². The first-order valence-corrected chi connectivity index (χ1v) is 2.97. The fourth-order valence-corrected chi connectivity index (χ4v) is 0. The van der Waals surface area contributed by atoms with Crippen molar-refractivity contribution in [2.75, 3.05) is 0 Å².